The molecule has 156 valence electrons. The standard InChI is InChI=1S/C23H24F2N4O/c1-4-19(30)29-14-13-28-21(26-18-11-9-17(25)10-12-18)20(27-22(28)23(29,2)3)15-5-7-16(24)8-6-15/h5-12,26H,4,13-14H2,1-3H3. The number of aromatic nitrogens is 2. The van der Waals surface area contributed by atoms with Crippen LogP contribution in [-0.4, -0.2) is 26.9 Å². The number of nitrogens with one attached hydrogen (secondary N) is 1. The summed E-state index contributed by atoms with van der Waals surface area (Å²) in [4.78, 5) is 19.3. The molecule has 7 heteroatoms. The molecule has 0 radical (unpaired) electrons. The Bertz CT molecular complexity index is 1070. The predicted octanol–water partition coefficient (Wildman–Crippen LogP) is 5.06. The van der Waals surface area contributed by atoms with Crippen molar-refractivity contribution < 1.29 is 13.6 Å². The van der Waals surface area contributed by atoms with Gasteiger partial charge in [0.15, 0.2) is 0 Å². The maximum atomic E-state index is 13.5. The monoisotopic (exact) mass is 410 g/mol. The summed E-state index contributed by atoms with van der Waals surface area (Å²) < 4.78 is 28.9. The van der Waals surface area contributed by atoms with E-state index in [1.807, 2.05) is 25.7 Å². The van der Waals surface area contributed by atoms with E-state index in [4.69, 9.17) is 4.98 Å². The number of carbonyl (C=O) groups excluding carboxylic acids is 1. The Morgan fingerprint density at radius 2 is 1.63 bits per heavy atom. The highest BCUT2D eigenvalue weighted by molar-refractivity contribution is 5.79. The van der Waals surface area contributed by atoms with E-state index in [-0.39, 0.29) is 17.5 Å². The van der Waals surface area contributed by atoms with E-state index in [9.17, 15) is 13.6 Å². The van der Waals surface area contributed by atoms with Gasteiger partial charge in [0.2, 0.25) is 5.91 Å². The summed E-state index contributed by atoms with van der Waals surface area (Å²) in [6.45, 7) is 6.94. The smallest absolute Gasteiger partial charge is 0.223 e. The van der Waals surface area contributed by atoms with Crippen LogP contribution in [0.2, 0.25) is 0 Å². The number of halogens is 2. The Hall–Kier alpha value is -3.22. The SMILES string of the molecule is CCC(=O)N1CCn2c(nc(-c3ccc(F)cc3)c2Nc2ccc(F)cc2)C1(C)C. The quantitative estimate of drug-likeness (QED) is 0.654. The van der Waals surface area contributed by atoms with Crippen molar-refractivity contribution >= 4 is 17.4 Å². The van der Waals surface area contributed by atoms with E-state index in [1.54, 1.807) is 24.3 Å². The summed E-state index contributed by atoms with van der Waals surface area (Å²) in [7, 11) is 0. The fourth-order valence-electron chi connectivity index (χ4n) is 3.97. The van der Waals surface area contributed by atoms with Crippen LogP contribution in [0.25, 0.3) is 11.3 Å². The zero-order valence-corrected chi connectivity index (χ0v) is 17.2. The van der Waals surface area contributed by atoms with Gasteiger partial charge in [-0.05, 0) is 62.4 Å². The first-order valence-electron chi connectivity index (χ1n) is 10.0. The first-order valence-corrected chi connectivity index (χ1v) is 10.0. The van der Waals surface area contributed by atoms with Crippen molar-refractivity contribution in [1.82, 2.24) is 14.5 Å². The lowest BCUT2D eigenvalue weighted by Gasteiger charge is -2.42. The molecule has 1 aliphatic heterocycles. The molecule has 30 heavy (non-hydrogen) atoms. The second-order valence-electron chi connectivity index (χ2n) is 7.88. The molecule has 5 nitrogen and oxygen atoms in total. The molecule has 4 rings (SSSR count). The minimum absolute atomic E-state index is 0.0747. The van der Waals surface area contributed by atoms with Crippen LogP contribution in [-0.2, 0) is 16.9 Å². The third kappa shape index (κ3) is 3.44. The van der Waals surface area contributed by atoms with Gasteiger partial charge in [0.1, 0.15) is 29.0 Å². The van der Waals surface area contributed by atoms with Crippen LogP contribution in [0.3, 0.4) is 0 Å². The van der Waals surface area contributed by atoms with Gasteiger partial charge in [-0.3, -0.25) is 4.79 Å². The summed E-state index contributed by atoms with van der Waals surface area (Å²) in [5.41, 5.74) is 1.52. The number of amides is 1. The normalized spacial score (nSPS) is 15.0. The first-order chi connectivity index (χ1) is 14.3. The average Bonchev–Trinajstić information content (AvgIpc) is 3.09. The van der Waals surface area contributed by atoms with Gasteiger partial charge < -0.3 is 14.8 Å². The molecule has 3 aromatic rings. The minimum atomic E-state index is -0.608. The second kappa shape index (κ2) is 7.55. The number of imidazole rings is 1. The predicted molar refractivity (Wildman–Crippen MR) is 112 cm³/mol. The van der Waals surface area contributed by atoms with E-state index in [0.29, 0.717) is 30.9 Å². The average molecular weight is 410 g/mol. The van der Waals surface area contributed by atoms with Crippen LogP contribution >= 0.6 is 0 Å². The Balaban J connectivity index is 1.85. The zero-order chi connectivity index (χ0) is 21.5. The molecule has 0 atom stereocenters. The number of hydrogen-bond acceptors (Lipinski definition) is 3. The molecule has 0 bridgehead atoms. The zero-order valence-electron chi connectivity index (χ0n) is 17.2. The van der Waals surface area contributed by atoms with Crippen molar-refractivity contribution in [2.24, 2.45) is 0 Å². The summed E-state index contributed by atoms with van der Waals surface area (Å²) in [6.07, 6.45) is 0.426. The molecule has 0 unspecified atom stereocenters. The Labute approximate surface area is 174 Å². The molecule has 1 N–H and O–H groups in total. The van der Waals surface area contributed by atoms with E-state index in [2.05, 4.69) is 9.88 Å². The highest BCUT2D eigenvalue weighted by Gasteiger charge is 2.41. The summed E-state index contributed by atoms with van der Waals surface area (Å²) in [5.74, 6) is 0.922. The fourth-order valence-corrected chi connectivity index (χ4v) is 3.97. The number of benzene rings is 2. The third-order valence-electron chi connectivity index (χ3n) is 5.56. The molecule has 1 amide bonds. The lowest BCUT2D eigenvalue weighted by Crippen LogP contribution is -2.51. The lowest BCUT2D eigenvalue weighted by atomic mass is 9.98. The van der Waals surface area contributed by atoms with Crippen molar-refractivity contribution in [3.8, 4) is 11.3 Å². The van der Waals surface area contributed by atoms with Crippen LogP contribution in [0.1, 0.15) is 33.0 Å². The van der Waals surface area contributed by atoms with Crippen molar-refractivity contribution in [2.45, 2.75) is 39.3 Å². The lowest BCUT2D eigenvalue weighted by molar-refractivity contribution is -0.138. The molecule has 2 heterocycles. The van der Waals surface area contributed by atoms with E-state index in [1.165, 1.54) is 24.3 Å². The van der Waals surface area contributed by atoms with Crippen LogP contribution in [0.4, 0.5) is 20.3 Å². The number of hydrogen-bond donors (Lipinski definition) is 1. The summed E-state index contributed by atoms with van der Waals surface area (Å²) >= 11 is 0. The van der Waals surface area contributed by atoms with Gasteiger partial charge in [0.25, 0.3) is 0 Å². The number of anilines is 2. The van der Waals surface area contributed by atoms with Crippen molar-refractivity contribution in [3.63, 3.8) is 0 Å². The highest BCUT2D eigenvalue weighted by atomic mass is 19.1. The molecular formula is C23H24F2N4O. The molecule has 1 aliphatic rings. The van der Waals surface area contributed by atoms with Crippen LogP contribution in [0.15, 0.2) is 48.5 Å². The first kappa shape index (κ1) is 20.1. The maximum absolute atomic E-state index is 13.5. The number of fused-ring (bicyclic) bond motifs is 1. The summed E-state index contributed by atoms with van der Waals surface area (Å²) in [5, 5.41) is 3.35. The molecule has 1 aromatic heterocycles. The molecule has 0 saturated carbocycles. The second-order valence-corrected chi connectivity index (χ2v) is 7.88. The molecule has 0 aliphatic carbocycles. The molecule has 0 saturated heterocycles. The Morgan fingerprint density at radius 1 is 1.03 bits per heavy atom. The van der Waals surface area contributed by atoms with Gasteiger partial charge in [-0.2, -0.15) is 0 Å². The van der Waals surface area contributed by atoms with Crippen molar-refractivity contribution in [1.29, 1.82) is 0 Å². The van der Waals surface area contributed by atoms with Crippen molar-refractivity contribution in [2.75, 3.05) is 11.9 Å². The maximum Gasteiger partial charge on any atom is 0.223 e. The van der Waals surface area contributed by atoms with Crippen LogP contribution in [0, 0.1) is 11.6 Å². The topological polar surface area (TPSA) is 50.2 Å². The van der Waals surface area contributed by atoms with Gasteiger partial charge in [0, 0.05) is 30.8 Å². The number of nitrogens with zero attached hydrogens (tertiary/aromatic N) is 3. The number of carbonyl (C=O) groups is 1. The van der Waals surface area contributed by atoms with Crippen LogP contribution < -0.4 is 5.32 Å². The Morgan fingerprint density at radius 3 is 2.23 bits per heavy atom. The van der Waals surface area contributed by atoms with Crippen LogP contribution in [0.5, 0.6) is 0 Å². The van der Waals surface area contributed by atoms with Gasteiger partial charge in [0.05, 0.1) is 5.54 Å². The van der Waals surface area contributed by atoms with E-state index in [0.717, 1.165) is 17.2 Å². The molecular weight excluding hydrogens is 386 g/mol. The summed E-state index contributed by atoms with van der Waals surface area (Å²) in [6, 6.07) is 12.2. The van der Waals surface area contributed by atoms with Gasteiger partial charge in [-0.1, -0.05) is 6.92 Å². The van der Waals surface area contributed by atoms with E-state index >= 15 is 0 Å². The number of rotatable bonds is 4. The third-order valence-corrected chi connectivity index (χ3v) is 5.56. The van der Waals surface area contributed by atoms with Gasteiger partial charge in [-0.25, -0.2) is 13.8 Å². The fraction of sp³-hybridized carbons (Fsp3) is 0.304. The molecule has 0 fully saturated rings. The van der Waals surface area contributed by atoms with Gasteiger partial charge in [-0.15, -0.1) is 0 Å². The van der Waals surface area contributed by atoms with E-state index < -0.39 is 5.54 Å². The molecule has 2 aromatic carbocycles. The molecule has 0 spiro atoms. The van der Waals surface area contributed by atoms with Crippen molar-refractivity contribution in [3.05, 3.63) is 66.0 Å². The highest BCUT2D eigenvalue weighted by Crippen LogP contribution is 2.39. The van der Waals surface area contributed by atoms with Gasteiger partial charge >= 0.3 is 0 Å². The largest absolute Gasteiger partial charge is 0.340 e. The minimum Gasteiger partial charge on any atom is -0.340 e. The Kier molecular flexibility index (Phi) is 5.05.